The lowest BCUT2D eigenvalue weighted by Crippen LogP contribution is -2.05. The minimum Gasteiger partial charge on any atom is -0.462 e. The molecule has 0 saturated carbocycles. The van der Waals surface area contributed by atoms with Crippen LogP contribution in [0.1, 0.15) is 23.7 Å². The van der Waals surface area contributed by atoms with Crippen molar-refractivity contribution in [2.24, 2.45) is 0 Å². The highest BCUT2D eigenvalue weighted by atomic mass is 16.5. The van der Waals surface area contributed by atoms with E-state index in [0.29, 0.717) is 12.2 Å². The lowest BCUT2D eigenvalue weighted by Gasteiger charge is -2.02. The maximum absolute atomic E-state index is 11.5. The second kappa shape index (κ2) is 4.17. The van der Waals surface area contributed by atoms with Crippen molar-refractivity contribution in [3.63, 3.8) is 0 Å². The maximum Gasteiger partial charge on any atom is 0.338 e. The van der Waals surface area contributed by atoms with Gasteiger partial charge in [0, 0.05) is 11.7 Å². The van der Waals surface area contributed by atoms with Crippen LogP contribution < -0.4 is 0 Å². The highest BCUT2D eigenvalue weighted by molar-refractivity contribution is 5.94. The fourth-order valence-corrected chi connectivity index (χ4v) is 1.45. The first-order valence-electron chi connectivity index (χ1n) is 5.05. The van der Waals surface area contributed by atoms with Crippen molar-refractivity contribution in [1.82, 2.24) is 4.98 Å². The van der Waals surface area contributed by atoms with Gasteiger partial charge in [0.25, 0.3) is 0 Å². The topological polar surface area (TPSA) is 42.1 Å². The molecule has 0 aliphatic rings. The Bertz CT molecular complexity index is 473. The number of carbonyl (C=O) groups is 1. The Morgan fingerprint density at radius 2 is 2.27 bits per heavy atom. The van der Waals surface area contributed by atoms with Crippen LogP contribution in [0.4, 0.5) is 0 Å². The second-order valence-electron chi connectivity index (χ2n) is 3.42. The molecule has 0 fully saturated rings. The van der Waals surface area contributed by atoms with Crippen molar-refractivity contribution in [2.45, 2.75) is 13.3 Å². The highest BCUT2D eigenvalue weighted by Crippen LogP contribution is 2.14. The van der Waals surface area contributed by atoms with Crippen LogP contribution in [0.3, 0.4) is 0 Å². The standard InChI is InChI=1S/C12H13NO2/c1-2-7-15-12(14)10-4-3-9-5-6-13-11(9)8-10/h3-6,8,13H,2,7H2,1H3. The average Bonchev–Trinajstić information content (AvgIpc) is 2.72. The summed E-state index contributed by atoms with van der Waals surface area (Å²) in [5.41, 5.74) is 1.55. The summed E-state index contributed by atoms with van der Waals surface area (Å²) in [5.74, 6) is -0.256. The van der Waals surface area contributed by atoms with E-state index in [-0.39, 0.29) is 5.97 Å². The van der Waals surface area contributed by atoms with E-state index in [4.69, 9.17) is 4.74 Å². The maximum atomic E-state index is 11.5. The number of fused-ring (bicyclic) bond motifs is 1. The molecule has 3 heteroatoms. The van der Waals surface area contributed by atoms with Crippen molar-refractivity contribution in [3.05, 3.63) is 36.0 Å². The molecule has 0 saturated heterocycles. The summed E-state index contributed by atoms with van der Waals surface area (Å²) in [6, 6.07) is 7.48. The zero-order chi connectivity index (χ0) is 10.7. The van der Waals surface area contributed by atoms with Crippen LogP contribution in [0.5, 0.6) is 0 Å². The average molecular weight is 203 g/mol. The smallest absolute Gasteiger partial charge is 0.338 e. The number of H-pyrrole nitrogens is 1. The van der Waals surface area contributed by atoms with Gasteiger partial charge in [-0.25, -0.2) is 4.79 Å². The van der Waals surface area contributed by atoms with Gasteiger partial charge < -0.3 is 9.72 Å². The molecule has 0 amide bonds. The van der Waals surface area contributed by atoms with Crippen molar-refractivity contribution in [3.8, 4) is 0 Å². The molecule has 78 valence electrons. The van der Waals surface area contributed by atoms with Gasteiger partial charge in [-0.15, -0.1) is 0 Å². The van der Waals surface area contributed by atoms with E-state index in [2.05, 4.69) is 4.98 Å². The van der Waals surface area contributed by atoms with E-state index in [1.165, 1.54) is 0 Å². The van der Waals surface area contributed by atoms with E-state index in [1.807, 2.05) is 31.3 Å². The summed E-state index contributed by atoms with van der Waals surface area (Å²) in [4.78, 5) is 14.6. The minimum absolute atomic E-state index is 0.256. The van der Waals surface area contributed by atoms with Gasteiger partial charge in [-0.05, 0) is 30.0 Å². The quantitative estimate of drug-likeness (QED) is 0.779. The normalized spacial score (nSPS) is 10.5. The SMILES string of the molecule is CCCOC(=O)c1ccc2cc[nH]c2c1. The van der Waals surface area contributed by atoms with Crippen LogP contribution in [0.15, 0.2) is 30.5 Å². The Kier molecular flexibility index (Phi) is 2.72. The van der Waals surface area contributed by atoms with E-state index in [1.54, 1.807) is 6.07 Å². The molecule has 0 atom stereocenters. The third-order valence-corrected chi connectivity index (χ3v) is 2.23. The highest BCUT2D eigenvalue weighted by Gasteiger charge is 2.07. The molecular formula is C12H13NO2. The molecule has 1 N–H and O–H groups in total. The molecule has 0 unspecified atom stereocenters. The van der Waals surface area contributed by atoms with E-state index >= 15 is 0 Å². The molecule has 0 spiro atoms. The molecule has 0 aliphatic heterocycles. The van der Waals surface area contributed by atoms with Crippen molar-refractivity contribution < 1.29 is 9.53 Å². The number of nitrogens with one attached hydrogen (secondary N) is 1. The van der Waals surface area contributed by atoms with Crippen molar-refractivity contribution in [1.29, 1.82) is 0 Å². The Morgan fingerprint density at radius 1 is 1.40 bits per heavy atom. The van der Waals surface area contributed by atoms with Crippen LogP contribution in [-0.4, -0.2) is 17.6 Å². The van der Waals surface area contributed by atoms with Gasteiger partial charge in [0.15, 0.2) is 0 Å². The third-order valence-electron chi connectivity index (χ3n) is 2.23. The molecule has 0 aliphatic carbocycles. The number of rotatable bonds is 3. The van der Waals surface area contributed by atoms with Gasteiger partial charge in [-0.1, -0.05) is 13.0 Å². The minimum atomic E-state index is -0.256. The van der Waals surface area contributed by atoms with Gasteiger partial charge in [0.1, 0.15) is 0 Å². The number of benzene rings is 1. The first kappa shape index (κ1) is 9.77. The number of carbonyl (C=O) groups excluding carboxylic acids is 1. The zero-order valence-corrected chi connectivity index (χ0v) is 8.62. The Morgan fingerprint density at radius 3 is 3.07 bits per heavy atom. The molecule has 1 aromatic carbocycles. The molecule has 0 bridgehead atoms. The summed E-state index contributed by atoms with van der Waals surface area (Å²) in [7, 11) is 0. The predicted octanol–water partition coefficient (Wildman–Crippen LogP) is 2.73. The predicted molar refractivity (Wildman–Crippen MR) is 58.9 cm³/mol. The number of hydrogen-bond donors (Lipinski definition) is 1. The van der Waals surface area contributed by atoms with Crippen LogP contribution in [-0.2, 0) is 4.74 Å². The van der Waals surface area contributed by atoms with E-state index in [9.17, 15) is 4.79 Å². The fourth-order valence-electron chi connectivity index (χ4n) is 1.45. The summed E-state index contributed by atoms with van der Waals surface area (Å²) in [5, 5.41) is 1.10. The van der Waals surface area contributed by atoms with Crippen LogP contribution in [0, 0.1) is 0 Å². The number of aromatic amines is 1. The lowest BCUT2D eigenvalue weighted by molar-refractivity contribution is 0.0505. The summed E-state index contributed by atoms with van der Waals surface area (Å²) >= 11 is 0. The molecule has 3 nitrogen and oxygen atoms in total. The lowest BCUT2D eigenvalue weighted by atomic mass is 10.2. The summed E-state index contributed by atoms with van der Waals surface area (Å²) < 4.78 is 5.05. The fraction of sp³-hybridized carbons (Fsp3) is 0.250. The van der Waals surface area contributed by atoms with Crippen molar-refractivity contribution >= 4 is 16.9 Å². The van der Waals surface area contributed by atoms with Gasteiger partial charge in [0.2, 0.25) is 0 Å². The first-order valence-corrected chi connectivity index (χ1v) is 5.05. The molecule has 0 radical (unpaired) electrons. The molecule has 1 aromatic heterocycles. The number of ether oxygens (including phenoxy) is 1. The Labute approximate surface area is 88.1 Å². The Balaban J connectivity index is 2.23. The summed E-state index contributed by atoms with van der Waals surface area (Å²) in [6.07, 6.45) is 2.70. The number of hydrogen-bond acceptors (Lipinski definition) is 2. The van der Waals surface area contributed by atoms with Gasteiger partial charge in [-0.2, -0.15) is 0 Å². The van der Waals surface area contributed by atoms with E-state index < -0.39 is 0 Å². The van der Waals surface area contributed by atoms with Gasteiger partial charge in [-0.3, -0.25) is 0 Å². The van der Waals surface area contributed by atoms with E-state index in [0.717, 1.165) is 17.3 Å². The number of esters is 1. The Hall–Kier alpha value is -1.77. The number of aromatic nitrogens is 1. The van der Waals surface area contributed by atoms with Crippen molar-refractivity contribution in [2.75, 3.05) is 6.61 Å². The monoisotopic (exact) mass is 203 g/mol. The van der Waals surface area contributed by atoms with Crippen LogP contribution in [0.2, 0.25) is 0 Å². The van der Waals surface area contributed by atoms with Gasteiger partial charge >= 0.3 is 5.97 Å². The second-order valence-corrected chi connectivity index (χ2v) is 3.42. The summed E-state index contributed by atoms with van der Waals surface area (Å²) in [6.45, 7) is 2.45. The first-order chi connectivity index (χ1) is 7.31. The molecule has 1 heterocycles. The molecular weight excluding hydrogens is 190 g/mol. The molecule has 15 heavy (non-hydrogen) atoms. The van der Waals surface area contributed by atoms with Gasteiger partial charge in [0.05, 0.1) is 12.2 Å². The van der Waals surface area contributed by atoms with Crippen LogP contribution in [0.25, 0.3) is 10.9 Å². The zero-order valence-electron chi connectivity index (χ0n) is 8.62. The molecule has 2 aromatic rings. The third kappa shape index (κ3) is 2.01. The van der Waals surface area contributed by atoms with Crippen LogP contribution >= 0.6 is 0 Å². The largest absolute Gasteiger partial charge is 0.462 e. The molecule has 2 rings (SSSR count).